The smallest absolute Gasteiger partial charge is 0.407 e. The molecular formula is C33H30N2O6. The van der Waals surface area contributed by atoms with Gasteiger partial charge in [-0.2, -0.15) is 0 Å². The summed E-state index contributed by atoms with van der Waals surface area (Å²) < 4.78 is 11.6. The van der Waals surface area contributed by atoms with E-state index in [-0.39, 0.29) is 24.7 Å². The van der Waals surface area contributed by atoms with E-state index in [1.807, 2.05) is 66.7 Å². The summed E-state index contributed by atoms with van der Waals surface area (Å²) >= 11 is 0. The highest BCUT2D eigenvalue weighted by Gasteiger charge is 2.31. The highest BCUT2D eigenvalue weighted by Crippen LogP contribution is 2.44. The summed E-state index contributed by atoms with van der Waals surface area (Å²) in [6, 6.07) is 30.3. The number of hydrogen-bond acceptors (Lipinski definition) is 5. The van der Waals surface area contributed by atoms with Crippen LogP contribution in [0.3, 0.4) is 0 Å². The minimum atomic E-state index is -1.09. The number of amides is 2. The van der Waals surface area contributed by atoms with Gasteiger partial charge in [-0.3, -0.25) is 4.79 Å². The van der Waals surface area contributed by atoms with Crippen LogP contribution in [0.2, 0.25) is 0 Å². The molecule has 0 unspecified atom stereocenters. The van der Waals surface area contributed by atoms with E-state index in [2.05, 4.69) is 22.8 Å². The molecule has 0 fully saturated rings. The van der Waals surface area contributed by atoms with Crippen LogP contribution >= 0.6 is 0 Å². The van der Waals surface area contributed by atoms with Crippen LogP contribution in [0.4, 0.5) is 10.5 Å². The van der Waals surface area contributed by atoms with Crippen molar-refractivity contribution in [3.05, 3.63) is 125 Å². The van der Waals surface area contributed by atoms with E-state index in [4.69, 9.17) is 14.6 Å². The molecule has 208 valence electrons. The molecule has 3 N–H and O–H groups in total. The number of benzene rings is 4. The Balaban J connectivity index is 1.28. The topological polar surface area (TPSA) is 114 Å². The highest BCUT2D eigenvalue weighted by atomic mass is 16.5. The fraction of sp³-hybridized carbons (Fsp3) is 0.182. The Kier molecular flexibility index (Phi) is 8.41. The summed E-state index contributed by atoms with van der Waals surface area (Å²) in [5.41, 5.74) is 5.80. The molecule has 0 saturated carbocycles. The molecule has 0 heterocycles. The monoisotopic (exact) mass is 550 g/mol. The van der Waals surface area contributed by atoms with E-state index in [0.29, 0.717) is 5.69 Å². The van der Waals surface area contributed by atoms with Crippen LogP contribution in [0.15, 0.2) is 103 Å². The number of carbonyl (C=O) groups excluding carboxylic acids is 2. The second-order valence-corrected chi connectivity index (χ2v) is 9.82. The van der Waals surface area contributed by atoms with Crippen molar-refractivity contribution >= 4 is 23.7 Å². The number of carboxylic acids is 1. The predicted octanol–water partition coefficient (Wildman–Crippen LogP) is 5.84. The molecule has 8 nitrogen and oxygen atoms in total. The van der Waals surface area contributed by atoms with Crippen molar-refractivity contribution < 1.29 is 29.0 Å². The van der Waals surface area contributed by atoms with Crippen molar-refractivity contribution in [1.29, 1.82) is 0 Å². The Morgan fingerprint density at radius 3 is 2.00 bits per heavy atom. The number of rotatable bonds is 10. The summed E-state index contributed by atoms with van der Waals surface area (Å²) in [7, 11) is 0. The number of fused-ring (bicyclic) bond motifs is 3. The first-order valence-corrected chi connectivity index (χ1v) is 13.3. The number of alkyl carbamates (subject to hydrolysis) is 1. The molecule has 8 heteroatoms. The van der Waals surface area contributed by atoms with Gasteiger partial charge in [0.15, 0.2) is 0 Å². The molecule has 0 radical (unpaired) electrons. The van der Waals surface area contributed by atoms with Gasteiger partial charge in [0.25, 0.3) is 0 Å². The fourth-order valence-corrected chi connectivity index (χ4v) is 4.98. The van der Waals surface area contributed by atoms with Crippen LogP contribution in [-0.2, 0) is 20.9 Å². The molecule has 4 aromatic rings. The van der Waals surface area contributed by atoms with Crippen LogP contribution in [-0.4, -0.2) is 41.8 Å². The van der Waals surface area contributed by atoms with Gasteiger partial charge < -0.3 is 25.2 Å². The van der Waals surface area contributed by atoms with E-state index in [1.165, 1.54) is 24.3 Å². The molecule has 4 aromatic carbocycles. The van der Waals surface area contributed by atoms with Gasteiger partial charge in [0.2, 0.25) is 5.91 Å². The number of carbonyl (C=O) groups is 3. The van der Waals surface area contributed by atoms with Crippen LogP contribution < -0.4 is 10.6 Å². The van der Waals surface area contributed by atoms with Gasteiger partial charge >= 0.3 is 12.1 Å². The molecule has 2 atom stereocenters. The Morgan fingerprint density at radius 2 is 1.39 bits per heavy atom. The predicted molar refractivity (Wildman–Crippen MR) is 155 cm³/mol. The summed E-state index contributed by atoms with van der Waals surface area (Å²) in [6.07, 6.45) is -1.46. The fourth-order valence-electron chi connectivity index (χ4n) is 4.98. The van der Waals surface area contributed by atoms with Crippen molar-refractivity contribution in [3.63, 3.8) is 0 Å². The molecule has 0 aliphatic heterocycles. The van der Waals surface area contributed by atoms with Gasteiger partial charge in [0, 0.05) is 11.6 Å². The van der Waals surface area contributed by atoms with Gasteiger partial charge in [-0.1, -0.05) is 78.9 Å². The van der Waals surface area contributed by atoms with Gasteiger partial charge in [-0.15, -0.1) is 0 Å². The van der Waals surface area contributed by atoms with Gasteiger partial charge in [-0.05, 0) is 59.0 Å². The average Bonchev–Trinajstić information content (AvgIpc) is 3.32. The number of hydrogen-bond donors (Lipinski definition) is 3. The second-order valence-electron chi connectivity index (χ2n) is 9.82. The molecule has 0 aromatic heterocycles. The Labute approximate surface area is 237 Å². The lowest BCUT2D eigenvalue weighted by Crippen LogP contribution is -2.51. The minimum absolute atomic E-state index is 0.0934. The van der Waals surface area contributed by atoms with Crippen molar-refractivity contribution in [2.45, 2.75) is 31.6 Å². The summed E-state index contributed by atoms with van der Waals surface area (Å²) in [6.45, 7) is 2.04. The number of nitrogens with one attached hydrogen (secondary N) is 2. The standard InChI is InChI=1S/C33H30N2O6/c1-21(40-19-22-9-3-2-4-10-22)30(31(36)34-24-17-15-23(16-18-24)32(37)38)35-33(39)41-20-29-27-13-7-5-11-25(27)26-12-6-8-14-28(26)29/h2-18,21,29-30H,19-20H2,1H3,(H,34,36)(H,35,39)(H,37,38)/t21-,30+/m0/s1. The molecule has 0 saturated heterocycles. The van der Waals surface area contributed by atoms with E-state index in [9.17, 15) is 14.4 Å². The maximum Gasteiger partial charge on any atom is 0.407 e. The molecule has 5 rings (SSSR count). The molecule has 1 aliphatic rings. The maximum absolute atomic E-state index is 13.3. The van der Waals surface area contributed by atoms with Crippen molar-refractivity contribution in [2.24, 2.45) is 0 Å². The lowest BCUT2D eigenvalue weighted by Gasteiger charge is -2.25. The first-order chi connectivity index (χ1) is 19.9. The quantitative estimate of drug-likeness (QED) is 0.229. The Hall–Kier alpha value is -4.95. The zero-order valence-corrected chi connectivity index (χ0v) is 22.4. The van der Waals surface area contributed by atoms with Crippen LogP contribution in [0.25, 0.3) is 11.1 Å². The first kappa shape index (κ1) is 27.6. The van der Waals surface area contributed by atoms with E-state index >= 15 is 0 Å². The summed E-state index contributed by atoms with van der Waals surface area (Å²) in [4.78, 5) is 37.6. The Bertz CT molecular complexity index is 1490. The number of anilines is 1. The Morgan fingerprint density at radius 1 is 0.805 bits per heavy atom. The van der Waals surface area contributed by atoms with Crippen molar-refractivity contribution in [3.8, 4) is 11.1 Å². The third kappa shape index (κ3) is 6.45. The van der Waals surface area contributed by atoms with Gasteiger partial charge in [0.1, 0.15) is 12.6 Å². The lowest BCUT2D eigenvalue weighted by atomic mass is 9.98. The number of carboxylic acid groups (broad SMARTS) is 1. The van der Waals surface area contributed by atoms with Crippen LogP contribution in [0, 0.1) is 0 Å². The summed E-state index contributed by atoms with van der Waals surface area (Å²) in [5.74, 6) is -1.72. The van der Waals surface area contributed by atoms with Crippen molar-refractivity contribution in [1.82, 2.24) is 5.32 Å². The van der Waals surface area contributed by atoms with E-state index in [1.54, 1.807) is 6.92 Å². The molecular weight excluding hydrogens is 520 g/mol. The lowest BCUT2D eigenvalue weighted by molar-refractivity contribution is -0.121. The van der Waals surface area contributed by atoms with Crippen LogP contribution in [0.1, 0.15) is 39.9 Å². The van der Waals surface area contributed by atoms with Crippen LogP contribution in [0.5, 0.6) is 0 Å². The van der Waals surface area contributed by atoms with Gasteiger partial charge in [0.05, 0.1) is 18.3 Å². The zero-order valence-electron chi connectivity index (χ0n) is 22.4. The van der Waals surface area contributed by atoms with E-state index < -0.39 is 30.1 Å². The van der Waals surface area contributed by atoms with Gasteiger partial charge in [-0.25, -0.2) is 9.59 Å². The normalized spacial score (nSPS) is 13.4. The minimum Gasteiger partial charge on any atom is -0.478 e. The molecule has 2 amide bonds. The number of ether oxygens (including phenoxy) is 2. The van der Waals surface area contributed by atoms with Crippen molar-refractivity contribution in [2.75, 3.05) is 11.9 Å². The molecule has 0 spiro atoms. The third-order valence-electron chi connectivity index (χ3n) is 7.12. The first-order valence-electron chi connectivity index (χ1n) is 13.3. The second kappa shape index (κ2) is 12.5. The zero-order chi connectivity index (χ0) is 28.8. The largest absolute Gasteiger partial charge is 0.478 e. The highest BCUT2D eigenvalue weighted by molar-refractivity contribution is 5.97. The summed E-state index contributed by atoms with van der Waals surface area (Å²) in [5, 5.41) is 14.6. The SMILES string of the molecule is C[C@H](OCc1ccccc1)[C@@H](NC(=O)OCC1c2ccccc2-c2ccccc21)C(=O)Nc1ccc(C(=O)O)cc1. The molecule has 0 bridgehead atoms. The average molecular weight is 551 g/mol. The molecule has 1 aliphatic carbocycles. The number of aromatic carboxylic acids is 1. The third-order valence-corrected chi connectivity index (χ3v) is 7.12. The van der Waals surface area contributed by atoms with E-state index in [0.717, 1.165) is 27.8 Å². The molecule has 41 heavy (non-hydrogen) atoms. The maximum atomic E-state index is 13.3.